The number of hydrogen-bond donors (Lipinski definition) is 1. The van der Waals surface area contributed by atoms with Crippen molar-refractivity contribution in [3.05, 3.63) is 23.5 Å². The van der Waals surface area contributed by atoms with Crippen LogP contribution in [0.5, 0.6) is 5.75 Å². The highest BCUT2D eigenvalue weighted by Crippen LogP contribution is 2.31. The molecule has 0 aliphatic carbocycles. The van der Waals surface area contributed by atoms with Crippen molar-refractivity contribution in [2.45, 2.75) is 31.2 Å². The summed E-state index contributed by atoms with van der Waals surface area (Å²) in [6.07, 6.45) is 0.686. The van der Waals surface area contributed by atoms with Crippen LogP contribution in [-0.2, 0) is 9.05 Å². The fourth-order valence-electron chi connectivity index (χ4n) is 1.49. The second-order valence-electron chi connectivity index (χ2n) is 4.21. The minimum Gasteiger partial charge on any atom is -0.492 e. The van der Waals surface area contributed by atoms with Gasteiger partial charge in [-0.05, 0) is 25.5 Å². The number of carbonyl (C=O) groups excluding carboxylic acids is 1. The highest BCUT2D eigenvalue weighted by molar-refractivity contribution is 8.13. The van der Waals surface area contributed by atoms with E-state index in [-0.39, 0.29) is 11.6 Å². The first-order chi connectivity index (χ1) is 9.20. The molecule has 0 bridgehead atoms. The second-order valence-corrected chi connectivity index (χ2v) is 6.74. The predicted octanol–water partition coefficient (Wildman–Crippen LogP) is 2.29. The quantitative estimate of drug-likeness (QED) is 0.844. The van der Waals surface area contributed by atoms with Gasteiger partial charge >= 0.3 is 0 Å². The van der Waals surface area contributed by atoms with Gasteiger partial charge in [-0.15, -0.1) is 0 Å². The van der Waals surface area contributed by atoms with Crippen LogP contribution in [0.4, 0.5) is 4.39 Å². The van der Waals surface area contributed by atoms with E-state index in [0.717, 1.165) is 19.2 Å². The summed E-state index contributed by atoms with van der Waals surface area (Å²) in [6, 6.07) is 1.77. The van der Waals surface area contributed by atoms with Crippen molar-refractivity contribution in [2.24, 2.45) is 0 Å². The molecule has 8 heteroatoms. The van der Waals surface area contributed by atoms with Gasteiger partial charge in [0.05, 0.1) is 7.11 Å². The molecule has 0 aromatic heterocycles. The van der Waals surface area contributed by atoms with Crippen molar-refractivity contribution in [1.82, 2.24) is 5.32 Å². The number of rotatable bonds is 5. The lowest BCUT2D eigenvalue weighted by Gasteiger charge is -2.13. The normalized spacial score (nSPS) is 12.8. The average Bonchev–Trinajstić information content (AvgIpc) is 2.36. The van der Waals surface area contributed by atoms with Crippen molar-refractivity contribution < 1.29 is 22.3 Å². The fraction of sp³-hybridized carbons (Fsp3) is 0.417. The third-order valence-corrected chi connectivity index (χ3v) is 4.06. The van der Waals surface area contributed by atoms with E-state index in [9.17, 15) is 17.6 Å². The van der Waals surface area contributed by atoms with E-state index in [1.54, 1.807) is 6.92 Å². The Labute approximate surface area is 121 Å². The van der Waals surface area contributed by atoms with Crippen molar-refractivity contribution in [1.29, 1.82) is 0 Å². The third kappa shape index (κ3) is 3.83. The standard InChI is InChI=1S/C12H15ClFNO4S/c1-4-7(2)15-12(16)8-5-9(14)11(19-3)10(6-8)20(13,17)18/h5-7H,4H2,1-3H3,(H,15,16). The van der Waals surface area contributed by atoms with E-state index in [1.807, 2.05) is 6.92 Å². The summed E-state index contributed by atoms with van der Waals surface area (Å²) in [5.41, 5.74) is -0.136. The van der Waals surface area contributed by atoms with Gasteiger partial charge in [-0.25, -0.2) is 12.8 Å². The molecule has 0 spiro atoms. The SMILES string of the molecule is CCC(C)NC(=O)c1cc(F)c(OC)c(S(=O)(=O)Cl)c1. The summed E-state index contributed by atoms with van der Waals surface area (Å²) in [5, 5.41) is 2.60. The Bertz CT molecular complexity index is 618. The minimum absolute atomic E-state index is 0.122. The number of halogens is 2. The number of amides is 1. The van der Waals surface area contributed by atoms with Gasteiger partial charge in [0, 0.05) is 22.3 Å². The smallest absolute Gasteiger partial charge is 0.265 e. The van der Waals surface area contributed by atoms with Gasteiger partial charge in [0.2, 0.25) is 0 Å². The van der Waals surface area contributed by atoms with Crippen LogP contribution in [0.1, 0.15) is 30.6 Å². The second kappa shape index (κ2) is 6.41. The summed E-state index contributed by atoms with van der Waals surface area (Å²) >= 11 is 0. The number of ether oxygens (including phenoxy) is 1. The molecule has 0 saturated carbocycles. The Morgan fingerprint density at radius 1 is 1.50 bits per heavy atom. The largest absolute Gasteiger partial charge is 0.492 e. The van der Waals surface area contributed by atoms with Gasteiger partial charge in [-0.2, -0.15) is 0 Å². The molecule has 1 aromatic rings. The molecule has 1 unspecified atom stereocenters. The molecular weight excluding hydrogens is 309 g/mol. The number of methoxy groups -OCH3 is 1. The molecule has 0 fully saturated rings. The topological polar surface area (TPSA) is 72.5 Å². The molecule has 1 atom stereocenters. The highest BCUT2D eigenvalue weighted by atomic mass is 35.7. The van der Waals surface area contributed by atoms with E-state index in [2.05, 4.69) is 10.1 Å². The van der Waals surface area contributed by atoms with E-state index in [1.165, 1.54) is 0 Å². The van der Waals surface area contributed by atoms with Gasteiger partial charge in [-0.3, -0.25) is 4.79 Å². The Morgan fingerprint density at radius 3 is 2.55 bits per heavy atom. The van der Waals surface area contributed by atoms with Crippen LogP contribution in [0.3, 0.4) is 0 Å². The lowest BCUT2D eigenvalue weighted by molar-refractivity contribution is 0.0938. The van der Waals surface area contributed by atoms with E-state index in [4.69, 9.17) is 10.7 Å². The lowest BCUT2D eigenvalue weighted by atomic mass is 10.1. The van der Waals surface area contributed by atoms with Crippen LogP contribution in [0.2, 0.25) is 0 Å². The molecule has 0 aliphatic heterocycles. The summed E-state index contributed by atoms with van der Waals surface area (Å²) in [5.74, 6) is -2.06. The Balaban J connectivity index is 3.32. The Hall–Kier alpha value is -1.34. The van der Waals surface area contributed by atoms with E-state index >= 15 is 0 Å². The molecule has 1 N–H and O–H groups in total. The molecule has 1 aromatic carbocycles. The molecule has 0 heterocycles. The average molecular weight is 324 g/mol. The summed E-state index contributed by atoms with van der Waals surface area (Å²) in [4.78, 5) is 11.3. The zero-order valence-corrected chi connectivity index (χ0v) is 12.8. The maximum absolute atomic E-state index is 13.8. The molecule has 1 rings (SSSR count). The van der Waals surface area contributed by atoms with Gasteiger partial charge in [0.1, 0.15) is 4.90 Å². The molecule has 1 amide bonds. The number of nitrogens with one attached hydrogen (secondary N) is 1. The molecule has 0 saturated heterocycles. The maximum atomic E-state index is 13.8. The monoisotopic (exact) mass is 323 g/mol. The van der Waals surface area contributed by atoms with Crippen molar-refractivity contribution in [3.8, 4) is 5.75 Å². The van der Waals surface area contributed by atoms with Crippen LogP contribution < -0.4 is 10.1 Å². The number of hydrogen-bond acceptors (Lipinski definition) is 4. The number of carbonyl (C=O) groups is 1. The van der Waals surface area contributed by atoms with E-state index < -0.39 is 31.4 Å². The lowest BCUT2D eigenvalue weighted by Crippen LogP contribution is -2.32. The summed E-state index contributed by atoms with van der Waals surface area (Å²) < 4.78 is 41.3. The molecule has 0 radical (unpaired) electrons. The van der Waals surface area contributed by atoms with Crippen LogP contribution in [0, 0.1) is 5.82 Å². The Morgan fingerprint density at radius 2 is 2.10 bits per heavy atom. The first-order valence-electron chi connectivity index (χ1n) is 5.83. The molecule has 0 aliphatic rings. The van der Waals surface area contributed by atoms with Crippen molar-refractivity contribution >= 4 is 25.6 Å². The van der Waals surface area contributed by atoms with Gasteiger partial charge < -0.3 is 10.1 Å². The van der Waals surface area contributed by atoms with E-state index in [0.29, 0.717) is 6.42 Å². The van der Waals surface area contributed by atoms with Crippen LogP contribution in [0.25, 0.3) is 0 Å². The molecule has 5 nitrogen and oxygen atoms in total. The van der Waals surface area contributed by atoms with Crippen LogP contribution >= 0.6 is 10.7 Å². The maximum Gasteiger partial charge on any atom is 0.265 e. The molecular formula is C12H15ClFNO4S. The van der Waals surface area contributed by atoms with Crippen molar-refractivity contribution in [3.63, 3.8) is 0 Å². The van der Waals surface area contributed by atoms with Crippen LogP contribution in [0.15, 0.2) is 17.0 Å². The van der Waals surface area contributed by atoms with Crippen LogP contribution in [-0.4, -0.2) is 27.5 Å². The zero-order valence-electron chi connectivity index (χ0n) is 11.2. The highest BCUT2D eigenvalue weighted by Gasteiger charge is 2.23. The molecule has 112 valence electrons. The predicted molar refractivity (Wildman–Crippen MR) is 73.2 cm³/mol. The third-order valence-electron chi connectivity index (χ3n) is 2.73. The minimum atomic E-state index is -4.23. The summed E-state index contributed by atoms with van der Waals surface area (Å²) in [6.45, 7) is 3.64. The number of benzene rings is 1. The first-order valence-corrected chi connectivity index (χ1v) is 8.14. The van der Waals surface area contributed by atoms with Gasteiger partial charge in [-0.1, -0.05) is 6.92 Å². The first kappa shape index (κ1) is 16.7. The van der Waals surface area contributed by atoms with Crippen molar-refractivity contribution in [2.75, 3.05) is 7.11 Å². The van der Waals surface area contributed by atoms with Gasteiger partial charge in [0.15, 0.2) is 11.6 Å². The molecule has 20 heavy (non-hydrogen) atoms. The Kier molecular flexibility index (Phi) is 5.35. The fourth-order valence-corrected chi connectivity index (χ4v) is 2.50. The zero-order chi connectivity index (χ0) is 15.5. The van der Waals surface area contributed by atoms with Gasteiger partial charge in [0.25, 0.3) is 15.0 Å². The summed E-state index contributed by atoms with van der Waals surface area (Å²) in [7, 11) is 2.10.